The molecule has 0 aliphatic rings. The molecule has 11 rings (SSSR count). The van der Waals surface area contributed by atoms with Crippen LogP contribution in [0.1, 0.15) is 0 Å². The van der Waals surface area contributed by atoms with E-state index in [4.69, 9.17) is 4.42 Å². The molecule has 11 aromatic rings. The Labute approximate surface area is 306 Å². The first-order valence-electron chi connectivity index (χ1n) is 18.1. The zero-order valence-electron chi connectivity index (χ0n) is 28.8. The number of fused-ring (bicyclic) bond motifs is 9. The Morgan fingerprint density at radius 1 is 0.396 bits per heavy atom. The Balaban J connectivity index is 1.10. The number of benzene rings is 9. The summed E-state index contributed by atoms with van der Waals surface area (Å²) in [5.74, 6) is 0. The van der Waals surface area contributed by atoms with Crippen LogP contribution in [0.4, 0.5) is 17.1 Å². The smallest absolute Gasteiger partial charge is 0.137 e. The van der Waals surface area contributed by atoms with Crippen molar-refractivity contribution < 1.29 is 4.42 Å². The highest BCUT2D eigenvalue weighted by Crippen LogP contribution is 2.44. The normalized spacial score (nSPS) is 11.8. The zero-order valence-corrected chi connectivity index (χ0v) is 28.8. The monoisotopic (exact) mass is 676 g/mol. The fourth-order valence-corrected chi connectivity index (χ4v) is 8.39. The van der Waals surface area contributed by atoms with E-state index in [9.17, 15) is 0 Å². The van der Waals surface area contributed by atoms with Gasteiger partial charge in [-0.1, -0.05) is 133 Å². The molecule has 3 nitrogen and oxygen atoms in total. The quantitative estimate of drug-likeness (QED) is 0.181. The van der Waals surface area contributed by atoms with Gasteiger partial charge in [0.25, 0.3) is 0 Å². The van der Waals surface area contributed by atoms with Crippen molar-refractivity contribution in [3.05, 3.63) is 194 Å². The molecule has 2 heterocycles. The summed E-state index contributed by atoms with van der Waals surface area (Å²) in [6.07, 6.45) is 0. The first-order chi connectivity index (χ1) is 26.3. The van der Waals surface area contributed by atoms with E-state index in [1.54, 1.807) is 0 Å². The van der Waals surface area contributed by atoms with Gasteiger partial charge < -0.3 is 13.9 Å². The van der Waals surface area contributed by atoms with Crippen molar-refractivity contribution in [2.45, 2.75) is 0 Å². The highest BCUT2D eigenvalue weighted by Gasteiger charge is 2.21. The second-order valence-corrected chi connectivity index (χ2v) is 13.7. The van der Waals surface area contributed by atoms with Gasteiger partial charge in [-0.15, -0.1) is 0 Å². The summed E-state index contributed by atoms with van der Waals surface area (Å²) in [7, 11) is 0. The predicted molar refractivity (Wildman–Crippen MR) is 223 cm³/mol. The molecule has 9 aromatic carbocycles. The lowest BCUT2D eigenvalue weighted by Crippen LogP contribution is -2.10. The van der Waals surface area contributed by atoms with Crippen LogP contribution in [0.5, 0.6) is 0 Å². The molecule has 0 aliphatic heterocycles. The fraction of sp³-hybridized carbons (Fsp3) is 0. The van der Waals surface area contributed by atoms with E-state index in [0.29, 0.717) is 0 Å². The van der Waals surface area contributed by atoms with Crippen LogP contribution < -0.4 is 4.90 Å². The van der Waals surface area contributed by atoms with E-state index in [2.05, 4.69) is 191 Å². The average Bonchev–Trinajstić information content (AvgIpc) is 3.78. The summed E-state index contributed by atoms with van der Waals surface area (Å²) in [6.45, 7) is 0. The predicted octanol–water partition coefficient (Wildman–Crippen LogP) is 14.1. The highest BCUT2D eigenvalue weighted by molar-refractivity contribution is 6.19. The third-order valence-corrected chi connectivity index (χ3v) is 10.8. The molecule has 0 unspecified atom stereocenters. The molecular formula is C50H32N2O. The molecule has 0 spiro atoms. The summed E-state index contributed by atoms with van der Waals surface area (Å²) in [4.78, 5) is 2.36. The number of hydrogen-bond donors (Lipinski definition) is 0. The maximum Gasteiger partial charge on any atom is 0.137 e. The molecule has 0 saturated carbocycles. The van der Waals surface area contributed by atoms with Crippen molar-refractivity contribution >= 4 is 82.4 Å². The van der Waals surface area contributed by atoms with Crippen LogP contribution in [0, 0.1) is 0 Å². The summed E-state index contributed by atoms with van der Waals surface area (Å²) < 4.78 is 8.81. The molecule has 0 bridgehead atoms. The fourth-order valence-electron chi connectivity index (χ4n) is 8.39. The number of nitrogens with zero attached hydrogens (tertiary/aromatic N) is 2. The highest BCUT2D eigenvalue weighted by atomic mass is 16.3. The van der Waals surface area contributed by atoms with Crippen LogP contribution in [-0.4, -0.2) is 4.57 Å². The van der Waals surface area contributed by atoms with Gasteiger partial charge in [0.05, 0.1) is 22.1 Å². The summed E-state index contributed by atoms with van der Waals surface area (Å²) in [5, 5.41) is 9.69. The SMILES string of the molecule is c1ccc2c(-c3ccc(N(c4ccc(-n5c6ccccc6c6ccc7ccccc7c65)cc4)c4cccc5oc6ccccc6c45)cc3)cccc2c1. The van der Waals surface area contributed by atoms with E-state index in [0.717, 1.165) is 44.7 Å². The first-order valence-corrected chi connectivity index (χ1v) is 18.1. The Morgan fingerprint density at radius 3 is 1.81 bits per heavy atom. The van der Waals surface area contributed by atoms with Gasteiger partial charge in [0.1, 0.15) is 11.2 Å². The van der Waals surface area contributed by atoms with Crippen LogP contribution >= 0.6 is 0 Å². The lowest BCUT2D eigenvalue weighted by Gasteiger charge is -2.27. The van der Waals surface area contributed by atoms with Crippen LogP contribution in [0.25, 0.3) is 82.1 Å². The van der Waals surface area contributed by atoms with Gasteiger partial charge in [0.15, 0.2) is 0 Å². The van der Waals surface area contributed by atoms with Crippen molar-refractivity contribution in [1.82, 2.24) is 4.57 Å². The number of furan rings is 1. The van der Waals surface area contributed by atoms with Gasteiger partial charge in [-0.05, 0) is 87.9 Å². The van der Waals surface area contributed by atoms with E-state index >= 15 is 0 Å². The number of anilines is 3. The molecule has 2 aromatic heterocycles. The van der Waals surface area contributed by atoms with E-state index < -0.39 is 0 Å². The molecule has 248 valence electrons. The maximum absolute atomic E-state index is 6.39. The molecule has 0 fully saturated rings. The van der Waals surface area contributed by atoms with Gasteiger partial charge >= 0.3 is 0 Å². The van der Waals surface area contributed by atoms with Crippen LogP contribution in [-0.2, 0) is 0 Å². The Hall–Kier alpha value is -7.10. The topological polar surface area (TPSA) is 21.3 Å². The van der Waals surface area contributed by atoms with Gasteiger partial charge in [-0.2, -0.15) is 0 Å². The van der Waals surface area contributed by atoms with Crippen molar-refractivity contribution in [1.29, 1.82) is 0 Å². The third-order valence-electron chi connectivity index (χ3n) is 10.8. The number of rotatable bonds is 5. The Bertz CT molecular complexity index is 3160. The van der Waals surface area contributed by atoms with Gasteiger partial charge in [0.2, 0.25) is 0 Å². The minimum atomic E-state index is 0.870. The van der Waals surface area contributed by atoms with Crippen molar-refractivity contribution in [2.75, 3.05) is 4.90 Å². The number of hydrogen-bond acceptors (Lipinski definition) is 2. The van der Waals surface area contributed by atoms with Gasteiger partial charge in [-0.3, -0.25) is 0 Å². The maximum atomic E-state index is 6.39. The van der Waals surface area contributed by atoms with Crippen molar-refractivity contribution in [2.24, 2.45) is 0 Å². The summed E-state index contributed by atoms with van der Waals surface area (Å²) in [5.41, 5.74) is 10.9. The van der Waals surface area contributed by atoms with Gasteiger partial charge in [-0.25, -0.2) is 0 Å². The van der Waals surface area contributed by atoms with Gasteiger partial charge in [0, 0.05) is 38.6 Å². The number of aromatic nitrogens is 1. The molecule has 0 N–H and O–H groups in total. The molecule has 53 heavy (non-hydrogen) atoms. The molecule has 0 aliphatic carbocycles. The first kappa shape index (κ1) is 29.6. The molecule has 0 radical (unpaired) electrons. The second-order valence-electron chi connectivity index (χ2n) is 13.7. The Kier molecular flexibility index (Phi) is 6.55. The lowest BCUT2D eigenvalue weighted by atomic mass is 9.98. The summed E-state index contributed by atoms with van der Waals surface area (Å²) in [6, 6.07) is 69.7. The molecular weight excluding hydrogens is 645 g/mol. The number of para-hydroxylation sites is 2. The van der Waals surface area contributed by atoms with Crippen LogP contribution in [0.3, 0.4) is 0 Å². The minimum absolute atomic E-state index is 0.870. The van der Waals surface area contributed by atoms with Crippen molar-refractivity contribution in [3.63, 3.8) is 0 Å². The second kappa shape index (κ2) is 11.7. The third kappa shape index (κ3) is 4.61. The largest absolute Gasteiger partial charge is 0.456 e. The summed E-state index contributed by atoms with van der Waals surface area (Å²) >= 11 is 0. The zero-order chi connectivity index (χ0) is 34.9. The van der Waals surface area contributed by atoms with Crippen LogP contribution in [0.2, 0.25) is 0 Å². The lowest BCUT2D eigenvalue weighted by molar-refractivity contribution is 0.669. The molecule has 3 heteroatoms. The molecule has 0 atom stereocenters. The standard InChI is InChI=1S/C50H32N2O/c1-3-14-39-33(11-1)13-9-18-40(39)35-23-26-36(27-24-35)51(46-20-10-22-48-49(46)44-17-6-8-21-47(44)53-48)37-28-30-38(31-29-37)52-45-19-7-5-16-42(45)43-32-25-34-12-2-4-15-41(34)50(43)52/h1-32H. The molecule has 0 saturated heterocycles. The van der Waals surface area contributed by atoms with Crippen molar-refractivity contribution in [3.8, 4) is 16.8 Å². The minimum Gasteiger partial charge on any atom is -0.456 e. The van der Waals surface area contributed by atoms with E-state index in [1.165, 1.54) is 54.5 Å². The average molecular weight is 677 g/mol. The van der Waals surface area contributed by atoms with Crippen LogP contribution in [0.15, 0.2) is 199 Å². The van der Waals surface area contributed by atoms with E-state index in [1.807, 2.05) is 12.1 Å². The van der Waals surface area contributed by atoms with E-state index in [-0.39, 0.29) is 0 Å². The Morgan fingerprint density at radius 2 is 1.00 bits per heavy atom. The molecule has 0 amide bonds.